The van der Waals surface area contributed by atoms with Crippen molar-refractivity contribution in [1.82, 2.24) is 0 Å². The van der Waals surface area contributed by atoms with E-state index in [2.05, 4.69) is 11.6 Å². The Morgan fingerprint density at radius 1 is 1.31 bits per heavy atom. The van der Waals surface area contributed by atoms with Gasteiger partial charge in [0.25, 0.3) is 0 Å². The van der Waals surface area contributed by atoms with Gasteiger partial charge in [0.2, 0.25) is 0 Å². The fourth-order valence-electron chi connectivity index (χ4n) is 1.06. The highest BCUT2D eigenvalue weighted by molar-refractivity contribution is 5.79. The fourth-order valence-corrected chi connectivity index (χ4v) is 1.06. The van der Waals surface area contributed by atoms with Crippen LogP contribution in [0.2, 0.25) is 0 Å². The Balaban J connectivity index is 2.92. The molecule has 1 rings (SSSR count). The number of nitrogens with zero attached hydrogens (tertiary/aromatic N) is 1. The minimum Gasteiger partial charge on any atom is -0.257 e. The maximum atomic E-state index is 4.25. The number of allylic oxidation sites excluding steroid dienone is 2. The second kappa shape index (κ2) is 5.09. The van der Waals surface area contributed by atoms with Gasteiger partial charge in [0, 0.05) is 6.21 Å². The van der Waals surface area contributed by atoms with Gasteiger partial charge < -0.3 is 0 Å². The molecule has 0 heterocycles. The maximum absolute atomic E-state index is 4.25. The topological polar surface area (TPSA) is 12.4 Å². The Morgan fingerprint density at radius 3 is 2.54 bits per heavy atom. The van der Waals surface area contributed by atoms with E-state index in [1.54, 1.807) is 12.3 Å². The predicted octanol–water partition coefficient (Wildman–Crippen LogP) is 3.30. The van der Waals surface area contributed by atoms with Gasteiger partial charge in [0.15, 0.2) is 0 Å². The predicted molar refractivity (Wildman–Crippen MR) is 58.8 cm³/mol. The van der Waals surface area contributed by atoms with E-state index in [1.807, 2.05) is 43.3 Å². The van der Waals surface area contributed by atoms with Gasteiger partial charge in [-0.05, 0) is 12.5 Å². The van der Waals surface area contributed by atoms with Crippen molar-refractivity contribution in [2.45, 2.75) is 6.92 Å². The second-order valence-corrected chi connectivity index (χ2v) is 2.55. The van der Waals surface area contributed by atoms with E-state index in [0.29, 0.717) is 0 Å². The molecule has 0 saturated carbocycles. The molecule has 1 nitrogen and oxygen atoms in total. The van der Waals surface area contributed by atoms with Crippen LogP contribution in [0.5, 0.6) is 0 Å². The molecule has 0 spiro atoms. The fraction of sp³-hybridized carbons (Fsp3) is 0.0833. The summed E-state index contributed by atoms with van der Waals surface area (Å²) in [6.07, 6.45) is 5.35. The average Bonchev–Trinajstić information content (AvgIpc) is 2.21. The van der Waals surface area contributed by atoms with Crippen LogP contribution >= 0.6 is 0 Å². The van der Waals surface area contributed by atoms with Crippen LogP contribution in [0.15, 0.2) is 54.1 Å². The summed E-state index contributed by atoms with van der Waals surface area (Å²) in [6.45, 7) is 5.56. The first-order valence-electron chi connectivity index (χ1n) is 4.25. The van der Waals surface area contributed by atoms with E-state index >= 15 is 0 Å². The van der Waals surface area contributed by atoms with Crippen molar-refractivity contribution >= 4 is 11.9 Å². The zero-order valence-electron chi connectivity index (χ0n) is 7.77. The molecule has 1 heteroatoms. The molecule has 0 saturated heterocycles. The second-order valence-electron chi connectivity index (χ2n) is 2.55. The monoisotopic (exact) mass is 171 g/mol. The van der Waals surface area contributed by atoms with Crippen LogP contribution in [0, 0.1) is 0 Å². The van der Waals surface area contributed by atoms with Crippen molar-refractivity contribution in [2.24, 2.45) is 4.99 Å². The van der Waals surface area contributed by atoms with Gasteiger partial charge in [-0.3, -0.25) is 4.99 Å². The molecule has 0 aliphatic carbocycles. The summed E-state index contributed by atoms with van der Waals surface area (Å²) in [7, 11) is 0. The van der Waals surface area contributed by atoms with Gasteiger partial charge in [-0.2, -0.15) is 0 Å². The van der Waals surface area contributed by atoms with E-state index in [0.717, 1.165) is 11.3 Å². The number of aliphatic imine (C=N–C) groups is 1. The van der Waals surface area contributed by atoms with Crippen LogP contribution in [-0.4, -0.2) is 6.21 Å². The Bertz CT molecular complexity index is 320. The summed E-state index contributed by atoms with van der Waals surface area (Å²) < 4.78 is 0. The minimum absolute atomic E-state index is 0.973. The van der Waals surface area contributed by atoms with E-state index in [1.165, 1.54) is 0 Å². The van der Waals surface area contributed by atoms with Crippen LogP contribution in [-0.2, 0) is 0 Å². The van der Waals surface area contributed by atoms with Crippen LogP contribution in [0.4, 0.5) is 0 Å². The molecule has 1 aromatic carbocycles. The summed E-state index contributed by atoms with van der Waals surface area (Å²) in [5.74, 6) is 0. The standard InChI is InChI=1S/C12H13N/c1-3-10-13-12(4-2)11-8-6-5-7-9-11/h3-10H,1H2,2H3/b12-4-,13-10-. The van der Waals surface area contributed by atoms with Gasteiger partial charge in [0.1, 0.15) is 0 Å². The van der Waals surface area contributed by atoms with Gasteiger partial charge in [0.05, 0.1) is 5.70 Å². The van der Waals surface area contributed by atoms with Gasteiger partial charge in [-0.1, -0.05) is 49.1 Å². The summed E-state index contributed by atoms with van der Waals surface area (Å²) in [6, 6.07) is 10.1. The molecule has 0 unspecified atom stereocenters. The zero-order valence-corrected chi connectivity index (χ0v) is 7.77. The molecule has 13 heavy (non-hydrogen) atoms. The first-order chi connectivity index (χ1) is 6.38. The Hall–Kier alpha value is -1.63. The van der Waals surface area contributed by atoms with Crippen LogP contribution < -0.4 is 0 Å². The molecular formula is C12H13N. The summed E-state index contributed by atoms with van der Waals surface area (Å²) >= 11 is 0. The van der Waals surface area contributed by atoms with Gasteiger partial charge in [-0.25, -0.2) is 0 Å². The molecule has 0 aromatic heterocycles. The number of hydrogen-bond donors (Lipinski definition) is 0. The lowest BCUT2D eigenvalue weighted by atomic mass is 10.1. The largest absolute Gasteiger partial charge is 0.257 e. The van der Waals surface area contributed by atoms with Crippen molar-refractivity contribution in [3.8, 4) is 0 Å². The first-order valence-corrected chi connectivity index (χ1v) is 4.25. The molecule has 0 radical (unpaired) electrons. The third-order valence-electron chi connectivity index (χ3n) is 1.66. The van der Waals surface area contributed by atoms with Crippen LogP contribution in [0.3, 0.4) is 0 Å². The molecule has 0 amide bonds. The van der Waals surface area contributed by atoms with E-state index in [-0.39, 0.29) is 0 Å². The molecule has 0 atom stereocenters. The van der Waals surface area contributed by atoms with E-state index in [9.17, 15) is 0 Å². The third kappa shape index (κ3) is 2.71. The van der Waals surface area contributed by atoms with Crippen molar-refractivity contribution in [1.29, 1.82) is 0 Å². The smallest absolute Gasteiger partial charge is 0.0659 e. The van der Waals surface area contributed by atoms with Crippen LogP contribution in [0.1, 0.15) is 12.5 Å². The lowest BCUT2D eigenvalue weighted by molar-refractivity contribution is 1.49. The SMILES string of the molecule is C=C/C=N\C(=C/C)c1ccccc1. The Labute approximate surface area is 79.1 Å². The van der Waals surface area contributed by atoms with Crippen LogP contribution in [0.25, 0.3) is 5.70 Å². The van der Waals surface area contributed by atoms with Gasteiger partial charge in [-0.15, -0.1) is 0 Å². The molecule has 0 fully saturated rings. The lowest BCUT2D eigenvalue weighted by Gasteiger charge is -1.99. The van der Waals surface area contributed by atoms with Crippen molar-refractivity contribution in [2.75, 3.05) is 0 Å². The average molecular weight is 171 g/mol. The highest BCUT2D eigenvalue weighted by Gasteiger charge is 1.94. The summed E-state index contributed by atoms with van der Waals surface area (Å²) in [4.78, 5) is 4.25. The molecular weight excluding hydrogens is 158 g/mol. The molecule has 0 aliphatic rings. The molecule has 0 N–H and O–H groups in total. The number of rotatable bonds is 3. The quantitative estimate of drug-likeness (QED) is 0.619. The summed E-state index contributed by atoms with van der Waals surface area (Å²) in [5.41, 5.74) is 2.10. The third-order valence-corrected chi connectivity index (χ3v) is 1.66. The first kappa shape index (κ1) is 9.46. The molecule has 66 valence electrons. The molecule has 1 aromatic rings. The van der Waals surface area contributed by atoms with Gasteiger partial charge >= 0.3 is 0 Å². The maximum Gasteiger partial charge on any atom is 0.0659 e. The van der Waals surface area contributed by atoms with E-state index in [4.69, 9.17) is 0 Å². The normalized spacial score (nSPS) is 11.9. The Kier molecular flexibility index (Phi) is 3.71. The Morgan fingerprint density at radius 2 is 2.00 bits per heavy atom. The molecule has 0 aliphatic heterocycles. The summed E-state index contributed by atoms with van der Waals surface area (Å²) in [5, 5.41) is 0. The minimum atomic E-state index is 0.973. The zero-order chi connectivity index (χ0) is 9.52. The molecule has 0 bridgehead atoms. The highest BCUT2D eigenvalue weighted by atomic mass is 14.7. The van der Waals surface area contributed by atoms with Crippen molar-refractivity contribution < 1.29 is 0 Å². The van der Waals surface area contributed by atoms with Crippen molar-refractivity contribution in [3.05, 3.63) is 54.6 Å². The van der Waals surface area contributed by atoms with E-state index < -0.39 is 0 Å². The highest BCUT2D eigenvalue weighted by Crippen LogP contribution is 2.14. The lowest BCUT2D eigenvalue weighted by Crippen LogP contribution is -1.79. The van der Waals surface area contributed by atoms with Crippen molar-refractivity contribution in [3.63, 3.8) is 0 Å². The number of hydrogen-bond acceptors (Lipinski definition) is 1. The number of benzene rings is 1.